The average Bonchev–Trinajstić information content (AvgIpc) is 2.94. The zero-order valence-corrected chi connectivity index (χ0v) is 15.5. The van der Waals surface area contributed by atoms with E-state index < -0.39 is 5.91 Å². The minimum absolute atomic E-state index is 0.0754. The van der Waals surface area contributed by atoms with Gasteiger partial charge in [-0.3, -0.25) is 9.78 Å². The highest BCUT2D eigenvalue weighted by molar-refractivity contribution is 6.39. The van der Waals surface area contributed by atoms with Gasteiger partial charge < -0.3 is 10.1 Å². The third-order valence-electron chi connectivity index (χ3n) is 4.15. The molecule has 4 rings (SSSR count). The molecule has 0 saturated heterocycles. The fourth-order valence-corrected chi connectivity index (χ4v) is 3.48. The number of rotatable bonds is 2. The van der Waals surface area contributed by atoms with Crippen LogP contribution in [0.25, 0.3) is 21.8 Å². The standard InChI is InChI=1S/C19H12Cl2N4O2/c1-9-12(6-10-4-2-3-5-14(10)22-9)18(26)25-24-17-16-13(21)7-11(20)8-15(16)23-19(17)27/h2-8,23,27H,1H3. The van der Waals surface area contributed by atoms with Gasteiger partial charge in [0.25, 0.3) is 5.91 Å². The fourth-order valence-electron chi connectivity index (χ4n) is 2.89. The number of aromatic hydroxyl groups is 1. The molecule has 134 valence electrons. The van der Waals surface area contributed by atoms with E-state index in [1.807, 2.05) is 24.3 Å². The Morgan fingerprint density at radius 2 is 1.96 bits per heavy atom. The topological polar surface area (TPSA) is 90.7 Å². The van der Waals surface area contributed by atoms with E-state index in [4.69, 9.17) is 23.2 Å². The Morgan fingerprint density at radius 1 is 1.19 bits per heavy atom. The number of hydrogen-bond donors (Lipinski definition) is 2. The minimum atomic E-state index is -0.565. The van der Waals surface area contributed by atoms with Crippen LogP contribution in [0.3, 0.4) is 0 Å². The maximum absolute atomic E-state index is 12.5. The van der Waals surface area contributed by atoms with Crippen LogP contribution in [-0.4, -0.2) is 21.0 Å². The molecule has 0 bridgehead atoms. The first-order valence-corrected chi connectivity index (χ1v) is 8.72. The predicted molar refractivity (Wildman–Crippen MR) is 105 cm³/mol. The number of aryl methyl sites for hydroxylation is 1. The van der Waals surface area contributed by atoms with Gasteiger partial charge in [-0.15, -0.1) is 10.2 Å². The molecule has 0 atom stereocenters. The third kappa shape index (κ3) is 3.13. The second-order valence-electron chi connectivity index (χ2n) is 5.95. The zero-order valence-electron chi connectivity index (χ0n) is 14.0. The lowest BCUT2D eigenvalue weighted by Gasteiger charge is -2.03. The molecule has 0 spiro atoms. The van der Waals surface area contributed by atoms with Gasteiger partial charge in [0.05, 0.1) is 27.3 Å². The van der Waals surface area contributed by atoms with E-state index in [9.17, 15) is 9.90 Å². The van der Waals surface area contributed by atoms with Crippen LogP contribution in [0.15, 0.2) is 52.7 Å². The quantitative estimate of drug-likeness (QED) is 0.408. The lowest BCUT2D eigenvalue weighted by Crippen LogP contribution is -2.00. The molecule has 0 radical (unpaired) electrons. The van der Waals surface area contributed by atoms with Crippen molar-refractivity contribution in [1.82, 2.24) is 9.97 Å². The van der Waals surface area contributed by atoms with Gasteiger partial charge in [-0.2, -0.15) is 0 Å². The van der Waals surface area contributed by atoms with E-state index in [1.165, 1.54) is 6.07 Å². The number of azo groups is 1. The maximum atomic E-state index is 12.5. The van der Waals surface area contributed by atoms with Crippen molar-refractivity contribution in [1.29, 1.82) is 0 Å². The number of fused-ring (bicyclic) bond motifs is 2. The van der Waals surface area contributed by atoms with Gasteiger partial charge in [0, 0.05) is 15.8 Å². The molecule has 6 nitrogen and oxygen atoms in total. The van der Waals surface area contributed by atoms with Crippen molar-refractivity contribution in [2.75, 3.05) is 0 Å². The van der Waals surface area contributed by atoms with Crippen LogP contribution in [0.4, 0.5) is 5.69 Å². The highest BCUT2D eigenvalue weighted by Crippen LogP contribution is 2.41. The van der Waals surface area contributed by atoms with E-state index in [0.29, 0.717) is 32.2 Å². The number of para-hydroxylation sites is 1. The number of carbonyl (C=O) groups excluding carboxylic acids is 1. The zero-order chi connectivity index (χ0) is 19.1. The van der Waals surface area contributed by atoms with Crippen LogP contribution in [0, 0.1) is 6.92 Å². The fraction of sp³-hybridized carbons (Fsp3) is 0.0526. The van der Waals surface area contributed by atoms with Crippen molar-refractivity contribution in [3.05, 3.63) is 63.8 Å². The van der Waals surface area contributed by atoms with Crippen LogP contribution in [0.1, 0.15) is 16.1 Å². The molecular weight excluding hydrogens is 387 g/mol. The molecule has 0 fully saturated rings. The number of hydrogen-bond acceptors (Lipinski definition) is 4. The molecule has 0 saturated carbocycles. The van der Waals surface area contributed by atoms with Crippen molar-refractivity contribution in [3.8, 4) is 5.88 Å². The molecule has 2 aromatic heterocycles. The average molecular weight is 399 g/mol. The molecule has 4 aromatic rings. The van der Waals surface area contributed by atoms with Crippen LogP contribution >= 0.6 is 23.2 Å². The Morgan fingerprint density at radius 3 is 2.78 bits per heavy atom. The Balaban J connectivity index is 1.75. The number of nitrogens with zero attached hydrogens (tertiary/aromatic N) is 3. The van der Waals surface area contributed by atoms with Gasteiger partial charge in [0.15, 0.2) is 5.69 Å². The first kappa shape index (κ1) is 17.5. The summed E-state index contributed by atoms with van der Waals surface area (Å²) < 4.78 is 0. The van der Waals surface area contributed by atoms with Crippen LogP contribution in [-0.2, 0) is 0 Å². The third-order valence-corrected chi connectivity index (χ3v) is 4.67. The van der Waals surface area contributed by atoms with E-state index in [0.717, 1.165) is 10.9 Å². The normalized spacial score (nSPS) is 11.7. The summed E-state index contributed by atoms with van der Waals surface area (Å²) in [5.41, 5.74) is 2.25. The lowest BCUT2D eigenvalue weighted by molar-refractivity contribution is 0.0994. The van der Waals surface area contributed by atoms with Gasteiger partial charge in [-0.1, -0.05) is 41.4 Å². The van der Waals surface area contributed by atoms with Crippen LogP contribution < -0.4 is 0 Å². The molecule has 1 amide bonds. The molecule has 27 heavy (non-hydrogen) atoms. The number of aromatic amines is 1. The predicted octanol–water partition coefficient (Wildman–Crippen LogP) is 5.96. The molecular formula is C19H12Cl2N4O2. The number of H-pyrrole nitrogens is 1. The number of amides is 1. The summed E-state index contributed by atoms with van der Waals surface area (Å²) in [7, 11) is 0. The Labute approximate surface area is 163 Å². The molecule has 0 unspecified atom stereocenters. The summed E-state index contributed by atoms with van der Waals surface area (Å²) in [6, 6.07) is 12.3. The van der Waals surface area contributed by atoms with Gasteiger partial charge in [0.1, 0.15) is 0 Å². The minimum Gasteiger partial charge on any atom is -0.493 e. The number of nitrogens with one attached hydrogen (secondary N) is 1. The lowest BCUT2D eigenvalue weighted by atomic mass is 10.1. The second kappa shape index (κ2) is 6.64. The largest absolute Gasteiger partial charge is 0.493 e. The van der Waals surface area contributed by atoms with E-state index >= 15 is 0 Å². The van der Waals surface area contributed by atoms with Gasteiger partial charge in [-0.25, -0.2) is 0 Å². The highest BCUT2D eigenvalue weighted by atomic mass is 35.5. The molecule has 2 aromatic carbocycles. The molecule has 0 aliphatic heterocycles. The summed E-state index contributed by atoms with van der Waals surface area (Å²) in [4.78, 5) is 19.7. The summed E-state index contributed by atoms with van der Waals surface area (Å²) in [5, 5.41) is 19.7. The van der Waals surface area contributed by atoms with Crippen molar-refractivity contribution in [2.45, 2.75) is 6.92 Å². The van der Waals surface area contributed by atoms with E-state index in [1.54, 1.807) is 19.1 Å². The first-order chi connectivity index (χ1) is 12.9. The number of carbonyl (C=O) groups is 1. The Hall–Kier alpha value is -2.96. The Kier molecular flexibility index (Phi) is 4.30. The molecule has 2 N–H and O–H groups in total. The molecule has 0 aliphatic carbocycles. The number of pyridine rings is 1. The van der Waals surface area contributed by atoms with Crippen molar-refractivity contribution < 1.29 is 9.90 Å². The van der Waals surface area contributed by atoms with Crippen LogP contribution in [0.5, 0.6) is 5.88 Å². The van der Waals surface area contributed by atoms with Crippen molar-refractivity contribution in [3.63, 3.8) is 0 Å². The number of benzene rings is 2. The van der Waals surface area contributed by atoms with Crippen LogP contribution in [0.2, 0.25) is 10.0 Å². The summed E-state index contributed by atoms with van der Waals surface area (Å²) in [6.07, 6.45) is 0. The molecule has 8 heteroatoms. The summed E-state index contributed by atoms with van der Waals surface area (Å²) in [6.45, 7) is 1.73. The highest BCUT2D eigenvalue weighted by Gasteiger charge is 2.16. The maximum Gasteiger partial charge on any atom is 0.297 e. The van der Waals surface area contributed by atoms with Crippen molar-refractivity contribution >= 4 is 56.6 Å². The SMILES string of the molecule is Cc1nc2ccccc2cc1C(=O)N=Nc1c(O)[nH]c2cc(Cl)cc(Cl)c12. The van der Waals surface area contributed by atoms with Gasteiger partial charge in [0.2, 0.25) is 5.88 Å². The smallest absolute Gasteiger partial charge is 0.297 e. The van der Waals surface area contributed by atoms with E-state index in [-0.39, 0.29) is 11.6 Å². The summed E-state index contributed by atoms with van der Waals surface area (Å²) in [5.74, 6) is -0.816. The molecule has 0 aliphatic rings. The van der Waals surface area contributed by atoms with Gasteiger partial charge in [-0.05, 0) is 31.2 Å². The van der Waals surface area contributed by atoms with Crippen molar-refractivity contribution in [2.24, 2.45) is 10.2 Å². The van der Waals surface area contributed by atoms with Gasteiger partial charge >= 0.3 is 0 Å². The monoisotopic (exact) mass is 398 g/mol. The van der Waals surface area contributed by atoms with E-state index in [2.05, 4.69) is 20.2 Å². The molecule has 2 heterocycles. The first-order valence-electron chi connectivity index (χ1n) is 7.96. The Bertz CT molecular complexity index is 1250. The summed E-state index contributed by atoms with van der Waals surface area (Å²) >= 11 is 12.1. The number of halogens is 2. The second-order valence-corrected chi connectivity index (χ2v) is 6.80. The number of aromatic nitrogens is 2.